The fourth-order valence-electron chi connectivity index (χ4n) is 2.60. The predicted molar refractivity (Wildman–Crippen MR) is 73.0 cm³/mol. The van der Waals surface area contributed by atoms with Gasteiger partial charge < -0.3 is 9.64 Å². The average molecular weight is 331 g/mol. The van der Waals surface area contributed by atoms with Crippen LogP contribution < -0.4 is 0 Å². The molecule has 2 heterocycles. The van der Waals surface area contributed by atoms with E-state index >= 15 is 0 Å². The van der Waals surface area contributed by atoms with E-state index < -0.39 is 0 Å². The zero-order valence-corrected chi connectivity index (χ0v) is 12.0. The highest BCUT2D eigenvalue weighted by molar-refractivity contribution is 9.09. The lowest BCUT2D eigenvalue weighted by Crippen LogP contribution is -2.51. The van der Waals surface area contributed by atoms with Crippen LogP contribution in [0, 0.1) is 5.92 Å². The summed E-state index contributed by atoms with van der Waals surface area (Å²) in [4.78, 5) is 14.0. The first-order chi connectivity index (χ1) is 8.68. The van der Waals surface area contributed by atoms with Gasteiger partial charge in [-0.2, -0.15) is 0 Å². The van der Waals surface area contributed by atoms with Crippen molar-refractivity contribution in [2.24, 2.45) is 5.92 Å². The minimum Gasteiger partial charge on any atom is -0.445 e. The molecule has 1 aromatic carbocycles. The van der Waals surface area contributed by atoms with Crippen LogP contribution in [0.2, 0.25) is 0 Å². The second kappa shape index (κ2) is 4.74. The number of benzene rings is 1. The Morgan fingerprint density at radius 1 is 1.44 bits per heavy atom. The fourth-order valence-corrected chi connectivity index (χ4v) is 4.60. The van der Waals surface area contributed by atoms with Gasteiger partial charge in [-0.15, -0.1) is 11.6 Å². The summed E-state index contributed by atoms with van der Waals surface area (Å²) in [5, 5.41) is 0.0682. The Hall–Kier alpha value is -0.740. The van der Waals surface area contributed by atoms with E-state index in [1.807, 2.05) is 30.3 Å². The van der Waals surface area contributed by atoms with Gasteiger partial charge >= 0.3 is 6.09 Å². The number of carbonyl (C=O) groups excluding carboxylic acids is 1. The lowest BCUT2D eigenvalue weighted by molar-refractivity contribution is 0.0963. The molecule has 2 aliphatic heterocycles. The van der Waals surface area contributed by atoms with Crippen molar-refractivity contribution in [2.45, 2.75) is 22.9 Å². The van der Waals surface area contributed by atoms with Crippen LogP contribution in [0.5, 0.6) is 0 Å². The van der Waals surface area contributed by atoms with E-state index in [1.54, 1.807) is 4.90 Å². The Bertz CT molecular complexity index is 446. The van der Waals surface area contributed by atoms with Gasteiger partial charge in [0.05, 0.1) is 11.4 Å². The van der Waals surface area contributed by atoms with Gasteiger partial charge in [-0.3, -0.25) is 0 Å². The Morgan fingerprint density at radius 3 is 2.72 bits per heavy atom. The summed E-state index contributed by atoms with van der Waals surface area (Å²) in [6.07, 6.45) is -0.265. The molecule has 2 bridgehead atoms. The van der Waals surface area contributed by atoms with Crippen molar-refractivity contribution in [3.05, 3.63) is 35.9 Å². The van der Waals surface area contributed by atoms with Crippen molar-refractivity contribution in [1.82, 2.24) is 4.90 Å². The van der Waals surface area contributed by atoms with Crippen LogP contribution in [0.3, 0.4) is 0 Å². The largest absolute Gasteiger partial charge is 0.445 e. The SMILES string of the molecule is O=C(OCc1ccccc1)N1C[C@H]2[C@H](Cl)[C@@H]1[C@@H]2Br. The summed E-state index contributed by atoms with van der Waals surface area (Å²) in [7, 11) is 0. The van der Waals surface area contributed by atoms with Crippen molar-refractivity contribution in [2.75, 3.05) is 6.54 Å². The molecule has 1 amide bonds. The monoisotopic (exact) mass is 329 g/mol. The van der Waals surface area contributed by atoms with E-state index in [0.717, 1.165) is 5.56 Å². The van der Waals surface area contributed by atoms with Gasteiger partial charge in [-0.1, -0.05) is 46.3 Å². The molecule has 1 aromatic rings. The molecule has 3 fully saturated rings. The standard InChI is InChI=1S/C13H13BrClNO2/c14-10-9-6-16(12(10)11(9)15)13(17)18-7-8-4-2-1-3-5-8/h1-5,9-12H,6-7H2/t9-,10-,11+,12+/m1/s1. The minimum absolute atomic E-state index is 0.0682. The zero-order chi connectivity index (χ0) is 12.7. The summed E-state index contributed by atoms with van der Waals surface area (Å²) in [6, 6.07) is 9.76. The number of nitrogens with zero attached hydrogens (tertiary/aromatic N) is 1. The van der Waals surface area contributed by atoms with Crippen molar-refractivity contribution in [3.63, 3.8) is 0 Å². The average Bonchev–Trinajstić information content (AvgIpc) is 2.94. The van der Waals surface area contributed by atoms with Crippen LogP contribution >= 0.6 is 27.5 Å². The van der Waals surface area contributed by atoms with Crippen LogP contribution in [-0.4, -0.2) is 33.8 Å². The van der Waals surface area contributed by atoms with Gasteiger partial charge in [0.15, 0.2) is 0 Å². The first-order valence-corrected chi connectivity index (χ1v) is 7.29. The van der Waals surface area contributed by atoms with Crippen LogP contribution in [0.25, 0.3) is 0 Å². The molecule has 4 atom stereocenters. The Balaban J connectivity index is 1.57. The first kappa shape index (κ1) is 12.3. The number of alkyl halides is 2. The summed E-state index contributed by atoms with van der Waals surface area (Å²) in [5.74, 6) is 0.362. The lowest BCUT2D eigenvalue weighted by Gasteiger charge is -2.36. The Labute approximate surface area is 119 Å². The van der Waals surface area contributed by atoms with E-state index in [-0.39, 0.29) is 17.5 Å². The molecule has 5 heteroatoms. The van der Waals surface area contributed by atoms with E-state index in [1.165, 1.54) is 0 Å². The molecule has 0 radical (unpaired) electrons. The van der Waals surface area contributed by atoms with E-state index in [9.17, 15) is 4.79 Å². The highest BCUT2D eigenvalue weighted by Gasteiger charge is 2.60. The van der Waals surface area contributed by atoms with Gasteiger partial charge in [-0.25, -0.2) is 4.79 Å². The second-order valence-corrected chi connectivity index (χ2v) is 6.30. The molecular weight excluding hydrogens is 318 g/mol. The number of carbonyl (C=O) groups is 1. The molecular formula is C13H13BrClNO2. The molecule has 4 rings (SSSR count). The normalized spacial score (nSPS) is 33.1. The maximum atomic E-state index is 12.0. The summed E-state index contributed by atoms with van der Waals surface area (Å²) >= 11 is 9.75. The van der Waals surface area contributed by atoms with Crippen LogP contribution in [0.4, 0.5) is 4.79 Å². The van der Waals surface area contributed by atoms with Crippen molar-refractivity contribution in [1.29, 1.82) is 0 Å². The van der Waals surface area contributed by atoms with E-state index in [2.05, 4.69) is 15.9 Å². The minimum atomic E-state index is -0.265. The molecule has 3 aliphatic rings. The van der Waals surface area contributed by atoms with Gasteiger partial charge in [0.1, 0.15) is 6.61 Å². The second-order valence-electron chi connectivity index (χ2n) is 4.74. The van der Waals surface area contributed by atoms with Crippen LogP contribution in [0.15, 0.2) is 30.3 Å². The van der Waals surface area contributed by atoms with Crippen molar-refractivity contribution < 1.29 is 9.53 Å². The summed E-state index contributed by atoms with van der Waals surface area (Å²) < 4.78 is 5.31. The number of rotatable bonds is 2. The molecule has 3 nitrogen and oxygen atoms in total. The van der Waals surface area contributed by atoms with Gasteiger partial charge in [0, 0.05) is 17.3 Å². The molecule has 1 saturated carbocycles. The maximum absolute atomic E-state index is 12.0. The number of ether oxygens (including phenoxy) is 1. The molecule has 0 unspecified atom stereocenters. The van der Waals surface area contributed by atoms with Gasteiger partial charge in [0.2, 0.25) is 0 Å². The van der Waals surface area contributed by atoms with Gasteiger partial charge in [0.25, 0.3) is 0 Å². The number of hydrogen-bond acceptors (Lipinski definition) is 2. The molecule has 2 saturated heterocycles. The molecule has 1 aliphatic carbocycles. The van der Waals surface area contributed by atoms with Gasteiger partial charge in [-0.05, 0) is 5.56 Å². The quantitative estimate of drug-likeness (QED) is 0.780. The zero-order valence-electron chi connectivity index (χ0n) is 9.63. The smallest absolute Gasteiger partial charge is 0.410 e. The van der Waals surface area contributed by atoms with Crippen molar-refractivity contribution >= 4 is 33.6 Å². The number of halogens is 2. The molecule has 0 spiro atoms. The van der Waals surface area contributed by atoms with E-state index in [0.29, 0.717) is 23.9 Å². The molecule has 0 aromatic heterocycles. The van der Waals surface area contributed by atoms with Crippen LogP contribution in [-0.2, 0) is 11.3 Å². The Morgan fingerprint density at radius 2 is 2.17 bits per heavy atom. The maximum Gasteiger partial charge on any atom is 0.410 e. The van der Waals surface area contributed by atoms with E-state index in [4.69, 9.17) is 16.3 Å². The topological polar surface area (TPSA) is 29.5 Å². The Kier molecular flexibility index (Phi) is 3.24. The molecule has 0 N–H and O–H groups in total. The third-order valence-electron chi connectivity index (χ3n) is 3.68. The number of hydrogen-bond donors (Lipinski definition) is 0. The fraction of sp³-hybridized carbons (Fsp3) is 0.462. The highest BCUT2D eigenvalue weighted by Crippen LogP contribution is 2.49. The summed E-state index contributed by atoms with van der Waals surface area (Å²) in [6.45, 7) is 1.01. The third-order valence-corrected chi connectivity index (χ3v) is 5.48. The summed E-state index contributed by atoms with van der Waals surface area (Å²) in [5.41, 5.74) is 0.996. The lowest BCUT2D eigenvalue weighted by atomic mass is 9.85. The van der Waals surface area contributed by atoms with Crippen LogP contribution in [0.1, 0.15) is 5.56 Å². The number of amides is 1. The van der Waals surface area contributed by atoms with Crippen molar-refractivity contribution in [3.8, 4) is 0 Å². The highest BCUT2D eigenvalue weighted by atomic mass is 79.9. The predicted octanol–water partition coefficient (Wildman–Crippen LogP) is 3.01. The third kappa shape index (κ3) is 1.91. The molecule has 96 valence electrons. The first-order valence-electron chi connectivity index (χ1n) is 5.94. The molecule has 18 heavy (non-hydrogen) atoms. The number of fused-ring (bicyclic) bond motifs is 1.